The highest BCUT2D eigenvalue weighted by Crippen LogP contribution is 2.17. The van der Waals surface area contributed by atoms with Crippen molar-refractivity contribution >= 4 is 17.5 Å². The quantitative estimate of drug-likeness (QED) is 0.784. The first-order valence-corrected chi connectivity index (χ1v) is 5.53. The Morgan fingerprint density at radius 3 is 3.00 bits per heavy atom. The molecule has 0 saturated carbocycles. The molecule has 2 rings (SSSR count). The van der Waals surface area contributed by atoms with E-state index >= 15 is 0 Å². The fraction of sp³-hybridized carbons (Fsp3) is 0.167. The highest BCUT2D eigenvalue weighted by Gasteiger charge is 2.13. The number of ether oxygens (including phenoxy) is 1. The van der Waals surface area contributed by atoms with Crippen molar-refractivity contribution < 1.29 is 9.53 Å². The standard InChI is InChI=1S/C12H13N5O2/c1-19-12(18)10-4-8(13)5-15-11(10)16-6-9-2-3-14-7-17-9/h2-5,7H,6,13H2,1H3,(H,15,16). The van der Waals surface area contributed by atoms with E-state index in [-0.39, 0.29) is 5.56 Å². The van der Waals surface area contributed by atoms with Crippen LogP contribution >= 0.6 is 0 Å². The predicted octanol–water partition coefficient (Wildman–Crippen LogP) is 0.853. The molecule has 2 aromatic heterocycles. The Labute approximate surface area is 109 Å². The van der Waals surface area contributed by atoms with Gasteiger partial charge in [-0.25, -0.2) is 19.7 Å². The van der Waals surface area contributed by atoms with Gasteiger partial charge in [0.2, 0.25) is 0 Å². The minimum Gasteiger partial charge on any atom is -0.465 e. The molecule has 0 aliphatic heterocycles. The van der Waals surface area contributed by atoms with Crippen LogP contribution in [0.1, 0.15) is 16.1 Å². The fourth-order valence-electron chi connectivity index (χ4n) is 1.48. The molecule has 0 atom stereocenters. The van der Waals surface area contributed by atoms with Crippen molar-refractivity contribution in [1.29, 1.82) is 0 Å². The van der Waals surface area contributed by atoms with Gasteiger partial charge >= 0.3 is 5.97 Å². The van der Waals surface area contributed by atoms with E-state index in [4.69, 9.17) is 5.73 Å². The number of carbonyl (C=O) groups excluding carboxylic acids is 1. The maximum Gasteiger partial charge on any atom is 0.341 e. The van der Waals surface area contributed by atoms with Crippen LogP contribution in [0, 0.1) is 0 Å². The average molecular weight is 259 g/mol. The first-order valence-electron chi connectivity index (χ1n) is 5.53. The van der Waals surface area contributed by atoms with Crippen molar-refractivity contribution in [3.05, 3.63) is 42.1 Å². The lowest BCUT2D eigenvalue weighted by molar-refractivity contribution is 0.0601. The largest absolute Gasteiger partial charge is 0.465 e. The first-order chi connectivity index (χ1) is 9.20. The fourth-order valence-corrected chi connectivity index (χ4v) is 1.48. The molecular formula is C12H13N5O2. The molecule has 19 heavy (non-hydrogen) atoms. The molecule has 0 aliphatic rings. The minimum atomic E-state index is -0.495. The van der Waals surface area contributed by atoms with Gasteiger partial charge in [0, 0.05) is 6.20 Å². The van der Waals surface area contributed by atoms with E-state index in [1.165, 1.54) is 25.7 Å². The van der Waals surface area contributed by atoms with Crippen molar-refractivity contribution in [2.75, 3.05) is 18.2 Å². The van der Waals surface area contributed by atoms with E-state index in [2.05, 4.69) is 25.0 Å². The molecule has 0 aromatic carbocycles. The van der Waals surface area contributed by atoms with Crippen LogP contribution in [0.3, 0.4) is 0 Å². The number of nitrogens with one attached hydrogen (secondary N) is 1. The molecule has 0 radical (unpaired) electrons. The zero-order valence-electron chi connectivity index (χ0n) is 10.3. The lowest BCUT2D eigenvalue weighted by Crippen LogP contribution is -2.11. The number of carbonyl (C=O) groups is 1. The van der Waals surface area contributed by atoms with Gasteiger partial charge in [0.25, 0.3) is 0 Å². The van der Waals surface area contributed by atoms with Gasteiger partial charge in [-0.1, -0.05) is 0 Å². The number of hydrogen-bond acceptors (Lipinski definition) is 7. The molecule has 0 saturated heterocycles. The third-order valence-electron chi connectivity index (χ3n) is 2.39. The second kappa shape index (κ2) is 5.76. The van der Waals surface area contributed by atoms with E-state index in [0.717, 1.165) is 5.69 Å². The molecule has 0 unspecified atom stereocenters. The van der Waals surface area contributed by atoms with Crippen molar-refractivity contribution in [2.45, 2.75) is 6.54 Å². The number of nitrogens with two attached hydrogens (primary N) is 1. The summed E-state index contributed by atoms with van der Waals surface area (Å²) in [6.45, 7) is 0.420. The molecule has 2 heterocycles. The molecule has 98 valence electrons. The van der Waals surface area contributed by atoms with Gasteiger partial charge in [0.1, 0.15) is 17.7 Å². The third kappa shape index (κ3) is 3.15. The van der Waals surface area contributed by atoms with Crippen LogP contribution in [0.25, 0.3) is 0 Å². The SMILES string of the molecule is COC(=O)c1cc(N)cnc1NCc1ccncn1. The Hall–Kier alpha value is -2.70. The Kier molecular flexibility index (Phi) is 3.87. The van der Waals surface area contributed by atoms with E-state index in [1.807, 2.05) is 0 Å². The predicted molar refractivity (Wildman–Crippen MR) is 69.3 cm³/mol. The van der Waals surface area contributed by atoms with Crippen LogP contribution in [-0.4, -0.2) is 28.0 Å². The smallest absolute Gasteiger partial charge is 0.341 e. The molecule has 0 aliphatic carbocycles. The topological polar surface area (TPSA) is 103 Å². The molecule has 0 amide bonds. The van der Waals surface area contributed by atoms with Gasteiger partial charge in [-0.3, -0.25) is 0 Å². The van der Waals surface area contributed by atoms with Crippen LogP contribution in [0.5, 0.6) is 0 Å². The zero-order chi connectivity index (χ0) is 13.7. The lowest BCUT2D eigenvalue weighted by Gasteiger charge is -2.09. The summed E-state index contributed by atoms with van der Waals surface area (Å²) in [6, 6.07) is 3.28. The van der Waals surface area contributed by atoms with Gasteiger partial charge in [-0.15, -0.1) is 0 Å². The summed E-state index contributed by atoms with van der Waals surface area (Å²) in [5, 5.41) is 3.01. The normalized spacial score (nSPS) is 9.95. The Morgan fingerprint density at radius 1 is 1.47 bits per heavy atom. The molecule has 3 N–H and O–H groups in total. The van der Waals surface area contributed by atoms with E-state index in [9.17, 15) is 4.79 Å². The van der Waals surface area contributed by atoms with Crippen molar-refractivity contribution in [2.24, 2.45) is 0 Å². The molecule has 7 nitrogen and oxygen atoms in total. The number of hydrogen-bond donors (Lipinski definition) is 2. The van der Waals surface area contributed by atoms with Gasteiger partial charge in [-0.2, -0.15) is 0 Å². The van der Waals surface area contributed by atoms with Crippen LogP contribution < -0.4 is 11.1 Å². The van der Waals surface area contributed by atoms with Crippen LogP contribution in [0.15, 0.2) is 30.9 Å². The van der Waals surface area contributed by atoms with Crippen molar-refractivity contribution in [1.82, 2.24) is 15.0 Å². The Bertz CT molecular complexity index is 574. The molecule has 0 spiro atoms. The maximum absolute atomic E-state index is 11.6. The number of aromatic nitrogens is 3. The Balaban J connectivity index is 2.18. The zero-order valence-corrected chi connectivity index (χ0v) is 10.3. The summed E-state index contributed by atoms with van der Waals surface area (Å²) in [6.07, 6.45) is 4.56. The van der Waals surface area contributed by atoms with Gasteiger partial charge in [0.05, 0.1) is 31.2 Å². The number of pyridine rings is 1. The van der Waals surface area contributed by atoms with Gasteiger partial charge < -0.3 is 15.8 Å². The van der Waals surface area contributed by atoms with Gasteiger partial charge in [0.15, 0.2) is 0 Å². The number of rotatable bonds is 4. The molecular weight excluding hydrogens is 246 g/mol. The monoisotopic (exact) mass is 259 g/mol. The maximum atomic E-state index is 11.6. The summed E-state index contributed by atoms with van der Waals surface area (Å²) >= 11 is 0. The minimum absolute atomic E-state index is 0.288. The first kappa shape index (κ1) is 12.7. The Morgan fingerprint density at radius 2 is 2.32 bits per heavy atom. The number of methoxy groups -OCH3 is 1. The van der Waals surface area contributed by atoms with Crippen molar-refractivity contribution in [3.8, 4) is 0 Å². The second-order valence-corrected chi connectivity index (χ2v) is 3.71. The highest BCUT2D eigenvalue weighted by atomic mass is 16.5. The highest BCUT2D eigenvalue weighted by molar-refractivity contribution is 5.95. The van der Waals surface area contributed by atoms with Gasteiger partial charge in [-0.05, 0) is 12.1 Å². The number of nitrogen functional groups attached to an aromatic ring is 1. The summed E-state index contributed by atoms with van der Waals surface area (Å²) in [4.78, 5) is 23.6. The second-order valence-electron chi connectivity index (χ2n) is 3.71. The summed E-state index contributed by atoms with van der Waals surface area (Å²) < 4.78 is 4.68. The van der Waals surface area contributed by atoms with Crippen LogP contribution in [-0.2, 0) is 11.3 Å². The number of anilines is 2. The summed E-state index contributed by atoms with van der Waals surface area (Å²) in [5.74, 6) is -0.0929. The van der Waals surface area contributed by atoms with Crippen molar-refractivity contribution in [3.63, 3.8) is 0 Å². The number of nitrogens with zero attached hydrogens (tertiary/aromatic N) is 3. The third-order valence-corrected chi connectivity index (χ3v) is 2.39. The van der Waals surface area contributed by atoms with E-state index in [0.29, 0.717) is 18.1 Å². The number of esters is 1. The molecule has 7 heteroatoms. The summed E-state index contributed by atoms with van der Waals surface area (Å²) in [7, 11) is 1.31. The lowest BCUT2D eigenvalue weighted by atomic mass is 10.2. The van der Waals surface area contributed by atoms with E-state index in [1.54, 1.807) is 12.3 Å². The van der Waals surface area contributed by atoms with Crippen LogP contribution in [0.2, 0.25) is 0 Å². The molecule has 0 fully saturated rings. The van der Waals surface area contributed by atoms with Crippen LogP contribution in [0.4, 0.5) is 11.5 Å². The van der Waals surface area contributed by atoms with E-state index < -0.39 is 5.97 Å². The summed E-state index contributed by atoms with van der Waals surface area (Å²) in [5.41, 5.74) is 7.08. The molecule has 0 bridgehead atoms. The average Bonchev–Trinajstić information content (AvgIpc) is 2.46. The molecule has 2 aromatic rings.